The average Bonchev–Trinajstić information content (AvgIpc) is 2.62. The SMILES string of the molecule is Cc1cc2nc(C)c(=O)n(CCC(=O)NCc3cccc(F)c3)c2cc1C. The Morgan fingerprint density at radius 1 is 1.15 bits per heavy atom. The summed E-state index contributed by atoms with van der Waals surface area (Å²) in [6.45, 7) is 6.17. The molecule has 0 aliphatic rings. The second-order valence-corrected chi connectivity index (χ2v) is 6.74. The van der Waals surface area contributed by atoms with Crippen molar-refractivity contribution in [1.82, 2.24) is 14.9 Å². The molecule has 1 N–H and O–H groups in total. The van der Waals surface area contributed by atoms with Crippen LogP contribution in [0.1, 0.15) is 28.8 Å². The summed E-state index contributed by atoms with van der Waals surface area (Å²) in [5.41, 5.74) is 4.55. The van der Waals surface area contributed by atoms with Gasteiger partial charge in [-0.2, -0.15) is 0 Å². The minimum absolute atomic E-state index is 0.153. The van der Waals surface area contributed by atoms with Gasteiger partial charge in [0.1, 0.15) is 11.5 Å². The molecule has 0 bridgehead atoms. The molecule has 0 saturated heterocycles. The lowest BCUT2D eigenvalue weighted by Crippen LogP contribution is -2.29. The molecule has 0 spiro atoms. The lowest BCUT2D eigenvalue weighted by Gasteiger charge is -2.13. The van der Waals surface area contributed by atoms with Crippen LogP contribution in [0.3, 0.4) is 0 Å². The van der Waals surface area contributed by atoms with Crippen molar-refractivity contribution in [3.8, 4) is 0 Å². The fourth-order valence-corrected chi connectivity index (χ4v) is 3.00. The van der Waals surface area contributed by atoms with Gasteiger partial charge in [0.2, 0.25) is 5.91 Å². The highest BCUT2D eigenvalue weighted by Crippen LogP contribution is 2.17. The second-order valence-electron chi connectivity index (χ2n) is 6.74. The summed E-state index contributed by atoms with van der Waals surface area (Å²) < 4.78 is 14.8. The third-order valence-electron chi connectivity index (χ3n) is 4.67. The zero-order chi connectivity index (χ0) is 19.6. The molecule has 3 aromatic rings. The highest BCUT2D eigenvalue weighted by Gasteiger charge is 2.11. The molecular weight excluding hydrogens is 345 g/mol. The van der Waals surface area contributed by atoms with E-state index in [0.717, 1.165) is 22.2 Å². The highest BCUT2D eigenvalue weighted by atomic mass is 19.1. The van der Waals surface area contributed by atoms with Crippen LogP contribution in [0.15, 0.2) is 41.2 Å². The second kappa shape index (κ2) is 7.70. The van der Waals surface area contributed by atoms with Crippen LogP contribution in [-0.2, 0) is 17.9 Å². The monoisotopic (exact) mass is 367 g/mol. The average molecular weight is 367 g/mol. The van der Waals surface area contributed by atoms with Gasteiger partial charge in [-0.25, -0.2) is 9.37 Å². The van der Waals surface area contributed by atoms with Crippen LogP contribution in [0.2, 0.25) is 0 Å². The topological polar surface area (TPSA) is 64.0 Å². The fourth-order valence-electron chi connectivity index (χ4n) is 3.00. The van der Waals surface area contributed by atoms with Crippen molar-refractivity contribution >= 4 is 16.9 Å². The number of aromatic nitrogens is 2. The maximum atomic E-state index is 13.2. The van der Waals surface area contributed by atoms with Gasteiger partial charge in [-0.15, -0.1) is 0 Å². The third-order valence-corrected chi connectivity index (χ3v) is 4.67. The molecule has 3 rings (SSSR count). The van der Waals surface area contributed by atoms with Gasteiger partial charge in [-0.3, -0.25) is 9.59 Å². The molecule has 1 aromatic heterocycles. The van der Waals surface area contributed by atoms with Crippen molar-refractivity contribution in [3.63, 3.8) is 0 Å². The van der Waals surface area contributed by atoms with E-state index < -0.39 is 0 Å². The lowest BCUT2D eigenvalue weighted by molar-refractivity contribution is -0.121. The number of carbonyl (C=O) groups is 1. The minimum atomic E-state index is -0.335. The van der Waals surface area contributed by atoms with E-state index in [4.69, 9.17) is 0 Å². The quantitative estimate of drug-likeness (QED) is 0.753. The zero-order valence-electron chi connectivity index (χ0n) is 15.7. The number of benzene rings is 2. The van der Waals surface area contributed by atoms with Crippen molar-refractivity contribution in [3.05, 3.63) is 75.0 Å². The van der Waals surface area contributed by atoms with Crippen molar-refractivity contribution in [2.45, 2.75) is 40.3 Å². The summed E-state index contributed by atoms with van der Waals surface area (Å²) in [6.07, 6.45) is 0.153. The smallest absolute Gasteiger partial charge is 0.272 e. The summed E-state index contributed by atoms with van der Waals surface area (Å²) >= 11 is 0. The first kappa shape index (κ1) is 18.8. The molecule has 2 aromatic carbocycles. The molecule has 0 aliphatic carbocycles. The van der Waals surface area contributed by atoms with E-state index in [1.807, 2.05) is 26.0 Å². The Hall–Kier alpha value is -3.02. The van der Waals surface area contributed by atoms with Crippen LogP contribution < -0.4 is 10.9 Å². The Kier molecular flexibility index (Phi) is 5.35. The number of rotatable bonds is 5. The number of nitrogens with zero attached hydrogens (tertiary/aromatic N) is 2. The van der Waals surface area contributed by atoms with Crippen LogP contribution in [-0.4, -0.2) is 15.5 Å². The molecule has 5 nitrogen and oxygen atoms in total. The number of nitrogens with one attached hydrogen (secondary N) is 1. The summed E-state index contributed by atoms with van der Waals surface area (Å²) in [7, 11) is 0. The molecular formula is C21H22FN3O2. The minimum Gasteiger partial charge on any atom is -0.352 e. The van der Waals surface area contributed by atoms with Crippen LogP contribution in [0.25, 0.3) is 11.0 Å². The number of amides is 1. The van der Waals surface area contributed by atoms with Gasteiger partial charge in [0.05, 0.1) is 11.0 Å². The summed E-state index contributed by atoms with van der Waals surface area (Å²) in [5, 5.41) is 2.76. The molecule has 0 atom stereocenters. The zero-order valence-corrected chi connectivity index (χ0v) is 15.7. The van der Waals surface area contributed by atoms with E-state index in [0.29, 0.717) is 11.3 Å². The van der Waals surface area contributed by atoms with E-state index in [2.05, 4.69) is 10.3 Å². The van der Waals surface area contributed by atoms with E-state index >= 15 is 0 Å². The van der Waals surface area contributed by atoms with Crippen LogP contribution >= 0.6 is 0 Å². The largest absolute Gasteiger partial charge is 0.352 e. The Morgan fingerprint density at radius 3 is 2.63 bits per heavy atom. The Labute approximate surface area is 156 Å². The van der Waals surface area contributed by atoms with Gasteiger partial charge in [0, 0.05) is 19.5 Å². The van der Waals surface area contributed by atoms with Crippen molar-refractivity contribution in [1.29, 1.82) is 0 Å². The number of carbonyl (C=O) groups excluding carboxylic acids is 1. The molecule has 27 heavy (non-hydrogen) atoms. The summed E-state index contributed by atoms with van der Waals surface area (Å²) in [6, 6.07) is 9.99. The van der Waals surface area contributed by atoms with E-state index in [9.17, 15) is 14.0 Å². The van der Waals surface area contributed by atoms with E-state index in [1.165, 1.54) is 12.1 Å². The third kappa shape index (κ3) is 4.22. The summed E-state index contributed by atoms with van der Waals surface area (Å²) in [5.74, 6) is -0.532. The van der Waals surface area contributed by atoms with Gasteiger partial charge < -0.3 is 9.88 Å². The van der Waals surface area contributed by atoms with Crippen LogP contribution in [0.5, 0.6) is 0 Å². The Bertz CT molecular complexity index is 1070. The Balaban J connectivity index is 1.76. The van der Waals surface area contributed by atoms with Gasteiger partial charge >= 0.3 is 0 Å². The van der Waals surface area contributed by atoms with Gasteiger partial charge in [-0.05, 0) is 61.7 Å². The fraction of sp³-hybridized carbons (Fsp3) is 0.286. The molecule has 6 heteroatoms. The van der Waals surface area contributed by atoms with Gasteiger partial charge in [-0.1, -0.05) is 12.1 Å². The van der Waals surface area contributed by atoms with Crippen LogP contribution in [0.4, 0.5) is 4.39 Å². The normalized spacial score (nSPS) is 11.0. The molecule has 0 aliphatic heterocycles. The standard InChI is InChI=1S/C21H22FN3O2/c1-13-9-18-19(10-14(13)2)25(21(27)15(3)24-18)8-7-20(26)23-12-16-5-4-6-17(22)11-16/h4-6,9-11H,7-8,12H2,1-3H3,(H,23,26). The first-order valence-electron chi connectivity index (χ1n) is 8.84. The van der Waals surface area contributed by atoms with Crippen molar-refractivity contribution in [2.24, 2.45) is 0 Å². The van der Waals surface area contributed by atoms with Crippen molar-refractivity contribution < 1.29 is 9.18 Å². The molecule has 0 saturated carbocycles. The van der Waals surface area contributed by atoms with Gasteiger partial charge in [0.25, 0.3) is 5.56 Å². The van der Waals surface area contributed by atoms with E-state index in [-0.39, 0.29) is 36.8 Å². The molecule has 0 unspecified atom stereocenters. The summed E-state index contributed by atoms with van der Waals surface area (Å²) in [4.78, 5) is 29.1. The van der Waals surface area contributed by atoms with Gasteiger partial charge in [0.15, 0.2) is 0 Å². The molecule has 1 heterocycles. The number of aryl methyl sites for hydroxylation is 4. The molecule has 140 valence electrons. The first-order valence-corrected chi connectivity index (χ1v) is 8.84. The predicted octanol–water partition coefficient (Wildman–Crippen LogP) is 3.17. The maximum absolute atomic E-state index is 13.2. The number of hydrogen-bond acceptors (Lipinski definition) is 3. The number of fused-ring (bicyclic) bond motifs is 1. The Morgan fingerprint density at radius 2 is 1.89 bits per heavy atom. The molecule has 0 radical (unpaired) electrons. The van der Waals surface area contributed by atoms with Crippen LogP contribution in [0, 0.1) is 26.6 Å². The highest BCUT2D eigenvalue weighted by molar-refractivity contribution is 5.78. The molecule has 1 amide bonds. The molecule has 0 fully saturated rings. The number of halogens is 1. The maximum Gasteiger partial charge on any atom is 0.272 e. The lowest BCUT2D eigenvalue weighted by atomic mass is 10.1. The first-order chi connectivity index (χ1) is 12.8. The van der Waals surface area contributed by atoms with E-state index in [1.54, 1.807) is 23.6 Å². The van der Waals surface area contributed by atoms with Crippen molar-refractivity contribution in [2.75, 3.05) is 0 Å². The predicted molar refractivity (Wildman–Crippen MR) is 103 cm³/mol. The number of hydrogen-bond donors (Lipinski definition) is 1.